The van der Waals surface area contributed by atoms with Crippen molar-refractivity contribution in [2.24, 2.45) is 0 Å². The van der Waals surface area contributed by atoms with E-state index in [-0.39, 0.29) is 0 Å². The van der Waals surface area contributed by atoms with Crippen LogP contribution in [0.3, 0.4) is 0 Å². The molecule has 0 fully saturated rings. The molecule has 0 aliphatic carbocycles. The normalized spacial score (nSPS) is 16.4. The van der Waals surface area contributed by atoms with Gasteiger partial charge in [0.1, 0.15) is 0 Å². The molecule has 0 saturated heterocycles. The van der Waals surface area contributed by atoms with E-state index in [1.807, 2.05) is 0 Å². The van der Waals surface area contributed by atoms with E-state index in [9.17, 15) is 96.6 Å². The first kappa shape index (κ1) is 35.4. The van der Waals surface area contributed by atoms with Crippen LogP contribution in [0.15, 0.2) is 0 Å². The first-order valence-corrected chi connectivity index (χ1v) is 8.44. The predicted molar refractivity (Wildman–Crippen MR) is 71.7 cm³/mol. The Morgan fingerprint density at radius 3 is 0.676 bits per heavy atom. The van der Waals surface area contributed by atoms with Crippen LogP contribution in [0.5, 0.6) is 0 Å². The highest BCUT2D eigenvalue weighted by molar-refractivity contribution is 5.12. The van der Waals surface area contributed by atoms with Gasteiger partial charge in [-0.2, -0.15) is 87.8 Å². The summed E-state index contributed by atoms with van der Waals surface area (Å²) in [5.41, 5.74) is -15.8. The zero-order valence-corrected chi connectivity index (χ0v) is 16.6. The standard InChI is InChI=1S/C14H8F22O/c15-5(16,9(21,22)7(19,11(25,26)27)12(28,29)30)1-3-37-4-2-6(17,18)10(23,24)8(20,13(31,32)33)14(34,35)36/h1-4H2. The van der Waals surface area contributed by atoms with Crippen molar-refractivity contribution in [1.29, 1.82) is 0 Å². The van der Waals surface area contributed by atoms with E-state index in [0.717, 1.165) is 0 Å². The SMILES string of the molecule is FC(F)(F)C(F)(C(F)(F)F)C(F)(F)C(F)(F)CCOCCC(F)(F)C(F)(F)C(F)(C(F)(F)F)C(F)(F)F. The molecule has 0 spiro atoms. The molecule has 23 heteroatoms. The Balaban J connectivity index is 5.68. The number of rotatable bonds is 10. The van der Waals surface area contributed by atoms with Crippen LogP contribution >= 0.6 is 0 Å². The summed E-state index contributed by atoms with van der Waals surface area (Å²) in [6.07, 6.45) is -37.2. The monoisotopic (exact) mass is 610 g/mol. The van der Waals surface area contributed by atoms with Crippen LogP contribution in [-0.4, -0.2) is 72.9 Å². The molecule has 0 aromatic heterocycles. The van der Waals surface area contributed by atoms with Crippen LogP contribution in [0.25, 0.3) is 0 Å². The van der Waals surface area contributed by atoms with Crippen molar-refractivity contribution < 1.29 is 101 Å². The van der Waals surface area contributed by atoms with Crippen molar-refractivity contribution in [3.8, 4) is 0 Å². The topological polar surface area (TPSA) is 9.23 Å². The Hall–Kier alpha value is -1.58. The van der Waals surface area contributed by atoms with Gasteiger partial charge >= 0.3 is 59.7 Å². The molecule has 0 atom stereocenters. The van der Waals surface area contributed by atoms with Crippen molar-refractivity contribution >= 4 is 0 Å². The van der Waals surface area contributed by atoms with Crippen LogP contribution in [0.4, 0.5) is 96.6 Å². The first-order valence-electron chi connectivity index (χ1n) is 8.44. The van der Waals surface area contributed by atoms with Crippen LogP contribution in [0.1, 0.15) is 12.8 Å². The molecular weight excluding hydrogens is 602 g/mol. The summed E-state index contributed by atoms with van der Waals surface area (Å²) >= 11 is 0. The Kier molecular flexibility index (Phi) is 9.15. The summed E-state index contributed by atoms with van der Waals surface area (Å²) in [4.78, 5) is 0. The van der Waals surface area contributed by atoms with E-state index in [1.54, 1.807) is 0 Å². The lowest BCUT2D eigenvalue weighted by molar-refractivity contribution is -0.427. The third-order valence-electron chi connectivity index (χ3n) is 4.47. The third kappa shape index (κ3) is 5.59. The molecule has 0 aliphatic rings. The molecular formula is C14H8F22O. The van der Waals surface area contributed by atoms with Gasteiger partial charge in [-0.05, 0) is 0 Å². The lowest BCUT2D eigenvalue weighted by Gasteiger charge is -2.40. The van der Waals surface area contributed by atoms with Gasteiger partial charge in [-0.25, -0.2) is 8.78 Å². The minimum absolute atomic E-state index is 2.42. The molecule has 0 N–H and O–H groups in total. The van der Waals surface area contributed by atoms with Crippen molar-refractivity contribution in [1.82, 2.24) is 0 Å². The van der Waals surface area contributed by atoms with Crippen LogP contribution in [-0.2, 0) is 4.74 Å². The molecule has 0 aromatic carbocycles. The molecule has 0 aliphatic heterocycles. The van der Waals surface area contributed by atoms with E-state index in [2.05, 4.69) is 4.74 Å². The second-order valence-electron chi connectivity index (χ2n) is 6.98. The van der Waals surface area contributed by atoms with E-state index in [0.29, 0.717) is 0 Å². The van der Waals surface area contributed by atoms with E-state index in [1.165, 1.54) is 0 Å². The Labute approximate surface area is 188 Å². The van der Waals surface area contributed by atoms with Gasteiger partial charge in [0.2, 0.25) is 0 Å². The summed E-state index contributed by atoms with van der Waals surface area (Å²) in [6, 6.07) is 0. The molecule has 0 radical (unpaired) electrons. The van der Waals surface area contributed by atoms with Crippen molar-refractivity contribution in [3.05, 3.63) is 0 Å². The fourth-order valence-electron chi connectivity index (χ4n) is 2.35. The molecule has 0 aromatic rings. The number of hydrogen-bond acceptors (Lipinski definition) is 1. The highest BCUT2D eigenvalue weighted by Gasteiger charge is 2.91. The zero-order valence-electron chi connectivity index (χ0n) is 16.6. The minimum atomic E-state index is -7.91. The maximum absolute atomic E-state index is 13.4. The highest BCUT2D eigenvalue weighted by atomic mass is 19.4. The van der Waals surface area contributed by atoms with Gasteiger partial charge < -0.3 is 4.74 Å². The van der Waals surface area contributed by atoms with Crippen LogP contribution < -0.4 is 0 Å². The van der Waals surface area contributed by atoms with Gasteiger partial charge in [0, 0.05) is 12.8 Å². The summed E-state index contributed by atoms with van der Waals surface area (Å²) < 4.78 is 285. The average Bonchev–Trinajstić information content (AvgIpc) is 2.61. The van der Waals surface area contributed by atoms with Gasteiger partial charge in [0.25, 0.3) is 0 Å². The van der Waals surface area contributed by atoms with Crippen molar-refractivity contribution in [3.63, 3.8) is 0 Å². The number of halogens is 22. The number of alkyl halides is 22. The van der Waals surface area contributed by atoms with Crippen LogP contribution in [0.2, 0.25) is 0 Å². The fraction of sp³-hybridized carbons (Fsp3) is 1.00. The highest BCUT2D eigenvalue weighted by Crippen LogP contribution is 2.61. The van der Waals surface area contributed by atoms with E-state index < -0.39 is 85.8 Å². The predicted octanol–water partition coefficient (Wildman–Crippen LogP) is 7.99. The van der Waals surface area contributed by atoms with Gasteiger partial charge in [-0.15, -0.1) is 0 Å². The molecule has 0 bridgehead atoms. The Morgan fingerprint density at radius 2 is 0.514 bits per heavy atom. The summed E-state index contributed by atoms with van der Waals surface area (Å²) in [7, 11) is 0. The molecule has 37 heavy (non-hydrogen) atoms. The Bertz CT molecular complexity index is 674. The molecule has 0 saturated carbocycles. The number of hydrogen-bond donors (Lipinski definition) is 0. The zero-order chi connectivity index (χ0) is 30.5. The quantitative estimate of drug-likeness (QED) is 0.180. The second-order valence-corrected chi connectivity index (χ2v) is 6.98. The third-order valence-corrected chi connectivity index (χ3v) is 4.47. The molecule has 0 heterocycles. The fourth-order valence-corrected chi connectivity index (χ4v) is 2.35. The molecule has 0 unspecified atom stereocenters. The second kappa shape index (κ2) is 9.56. The summed E-state index contributed by atoms with van der Waals surface area (Å²) in [5.74, 6) is -28.8. The van der Waals surface area contributed by atoms with E-state index >= 15 is 0 Å². The lowest BCUT2D eigenvalue weighted by Crippen LogP contribution is -2.70. The largest absolute Gasteiger partial charge is 0.438 e. The maximum Gasteiger partial charge on any atom is 0.438 e. The molecule has 0 amide bonds. The first-order chi connectivity index (χ1) is 15.7. The Morgan fingerprint density at radius 1 is 0.324 bits per heavy atom. The lowest BCUT2D eigenvalue weighted by atomic mass is 9.89. The maximum atomic E-state index is 13.4. The van der Waals surface area contributed by atoms with Gasteiger partial charge in [0.05, 0.1) is 13.2 Å². The average molecular weight is 610 g/mol. The van der Waals surface area contributed by atoms with Crippen LogP contribution in [0, 0.1) is 0 Å². The van der Waals surface area contributed by atoms with Gasteiger partial charge in [-0.3, -0.25) is 0 Å². The number of ether oxygens (including phenoxy) is 1. The minimum Gasteiger partial charge on any atom is -0.381 e. The molecule has 0 rings (SSSR count). The smallest absolute Gasteiger partial charge is 0.381 e. The molecule has 1 nitrogen and oxygen atoms in total. The molecule has 224 valence electrons. The van der Waals surface area contributed by atoms with Crippen molar-refractivity contribution in [2.45, 2.75) is 72.6 Å². The van der Waals surface area contributed by atoms with E-state index in [4.69, 9.17) is 0 Å². The summed E-state index contributed by atoms with van der Waals surface area (Å²) in [6.45, 7) is -4.84. The van der Waals surface area contributed by atoms with Gasteiger partial charge in [0.15, 0.2) is 0 Å². The summed E-state index contributed by atoms with van der Waals surface area (Å²) in [5, 5.41) is 0. The van der Waals surface area contributed by atoms with Gasteiger partial charge in [-0.1, -0.05) is 0 Å². The van der Waals surface area contributed by atoms with Crippen molar-refractivity contribution in [2.75, 3.05) is 13.2 Å².